The average Bonchev–Trinajstić information content (AvgIpc) is 2.98. The maximum Gasteiger partial charge on any atom is 0.348 e. The predicted octanol–water partition coefficient (Wildman–Crippen LogP) is 3.54. The van der Waals surface area contributed by atoms with E-state index < -0.39 is 5.97 Å². The molecule has 0 saturated carbocycles. The van der Waals surface area contributed by atoms with Crippen LogP contribution in [0.15, 0.2) is 29.3 Å². The van der Waals surface area contributed by atoms with Gasteiger partial charge in [0.25, 0.3) is 5.56 Å². The zero-order valence-corrected chi connectivity index (χ0v) is 17.1. The fourth-order valence-electron chi connectivity index (χ4n) is 2.69. The van der Waals surface area contributed by atoms with Crippen molar-refractivity contribution in [3.63, 3.8) is 0 Å². The number of aromatic nitrogens is 2. The Bertz CT molecular complexity index is 1140. The lowest BCUT2D eigenvalue weighted by atomic mass is 10.2. The number of thiophene rings is 1. The number of hydrogen-bond acceptors (Lipinski definition) is 6. The number of anilines is 1. The maximum atomic E-state index is 12.8. The molecule has 0 saturated heterocycles. The number of rotatable bonds is 5. The smallest absolute Gasteiger partial charge is 0.348 e. The maximum absolute atomic E-state index is 12.8. The van der Waals surface area contributed by atoms with Crippen LogP contribution in [0.25, 0.3) is 10.2 Å². The van der Waals surface area contributed by atoms with Crippen molar-refractivity contribution in [1.82, 2.24) is 9.55 Å². The van der Waals surface area contributed by atoms with Crippen LogP contribution in [0, 0.1) is 13.8 Å². The molecule has 1 N–H and O–H groups in total. The molecule has 0 aliphatic rings. The number of amides is 1. The van der Waals surface area contributed by atoms with Crippen molar-refractivity contribution in [2.45, 2.75) is 27.3 Å². The van der Waals surface area contributed by atoms with Crippen molar-refractivity contribution in [3.8, 4) is 0 Å². The zero-order chi connectivity index (χ0) is 20.4. The second-order valence-electron chi connectivity index (χ2n) is 6.15. The molecule has 0 unspecified atom stereocenters. The predicted molar refractivity (Wildman–Crippen MR) is 109 cm³/mol. The van der Waals surface area contributed by atoms with E-state index in [0.717, 1.165) is 16.9 Å². The van der Waals surface area contributed by atoms with Crippen LogP contribution in [0.1, 0.15) is 27.7 Å². The highest BCUT2D eigenvalue weighted by Gasteiger charge is 2.20. The summed E-state index contributed by atoms with van der Waals surface area (Å²) in [5, 5.41) is 3.57. The Morgan fingerprint density at radius 3 is 2.75 bits per heavy atom. The van der Waals surface area contributed by atoms with E-state index in [2.05, 4.69) is 10.3 Å². The molecule has 9 heteroatoms. The largest absolute Gasteiger partial charge is 0.462 e. The Kier molecular flexibility index (Phi) is 5.81. The van der Waals surface area contributed by atoms with E-state index in [1.807, 2.05) is 6.92 Å². The molecule has 2 heterocycles. The van der Waals surface area contributed by atoms with Gasteiger partial charge in [0.05, 0.1) is 18.3 Å². The van der Waals surface area contributed by atoms with Crippen LogP contribution in [-0.4, -0.2) is 28.0 Å². The summed E-state index contributed by atoms with van der Waals surface area (Å²) in [6.07, 6.45) is 1.30. The number of esters is 1. The van der Waals surface area contributed by atoms with Crippen LogP contribution < -0.4 is 10.9 Å². The minimum absolute atomic E-state index is 0.211. The standard InChI is InChI=1S/C19H18ClN3O4S/c1-4-27-19(26)16-11(3)15-17(28-16)21-9-23(18(15)25)8-14(24)22-12-6-5-10(2)13(20)7-12/h5-7,9H,4,8H2,1-3H3,(H,22,24). The van der Waals surface area contributed by atoms with Crippen molar-refractivity contribution in [2.24, 2.45) is 0 Å². The first-order valence-corrected chi connectivity index (χ1v) is 9.73. The van der Waals surface area contributed by atoms with Gasteiger partial charge in [0.2, 0.25) is 5.91 Å². The summed E-state index contributed by atoms with van der Waals surface area (Å²) in [5.41, 5.74) is 1.57. The third kappa shape index (κ3) is 3.93. The number of carbonyl (C=O) groups excluding carboxylic acids is 2. The molecule has 28 heavy (non-hydrogen) atoms. The number of hydrogen-bond donors (Lipinski definition) is 1. The van der Waals surface area contributed by atoms with Crippen LogP contribution in [-0.2, 0) is 16.1 Å². The first-order chi connectivity index (χ1) is 13.3. The number of aryl methyl sites for hydroxylation is 2. The molecule has 0 radical (unpaired) electrons. The average molecular weight is 420 g/mol. The van der Waals surface area contributed by atoms with Gasteiger partial charge >= 0.3 is 5.97 Å². The molecule has 2 aromatic heterocycles. The van der Waals surface area contributed by atoms with Crippen LogP contribution in [0.5, 0.6) is 0 Å². The molecule has 7 nitrogen and oxygen atoms in total. The van der Waals surface area contributed by atoms with Crippen LogP contribution >= 0.6 is 22.9 Å². The molecule has 0 fully saturated rings. The molecule has 146 valence electrons. The summed E-state index contributed by atoms with van der Waals surface area (Å²) in [7, 11) is 0. The topological polar surface area (TPSA) is 90.3 Å². The van der Waals surface area contributed by atoms with Crippen LogP contribution in [0.4, 0.5) is 5.69 Å². The Morgan fingerprint density at radius 1 is 1.32 bits per heavy atom. The van der Waals surface area contributed by atoms with Crippen molar-refractivity contribution in [3.05, 3.63) is 55.9 Å². The van der Waals surface area contributed by atoms with E-state index in [9.17, 15) is 14.4 Å². The van der Waals surface area contributed by atoms with E-state index in [1.165, 1.54) is 10.9 Å². The lowest BCUT2D eigenvalue weighted by Crippen LogP contribution is -2.27. The number of carbonyl (C=O) groups is 2. The molecule has 0 spiro atoms. The van der Waals surface area contributed by atoms with Crippen molar-refractivity contribution < 1.29 is 14.3 Å². The molecule has 0 aliphatic carbocycles. The van der Waals surface area contributed by atoms with Crippen molar-refractivity contribution >= 4 is 50.7 Å². The van der Waals surface area contributed by atoms with E-state index in [-0.39, 0.29) is 24.6 Å². The summed E-state index contributed by atoms with van der Waals surface area (Å²) < 4.78 is 6.23. The number of nitrogens with zero attached hydrogens (tertiary/aromatic N) is 2. The summed E-state index contributed by atoms with van der Waals surface area (Å²) in [5.74, 6) is -0.871. The Labute approximate surface area is 169 Å². The highest BCUT2D eigenvalue weighted by atomic mass is 35.5. The SMILES string of the molecule is CCOC(=O)c1sc2ncn(CC(=O)Nc3ccc(C)c(Cl)c3)c(=O)c2c1C. The number of halogens is 1. The molecular weight excluding hydrogens is 402 g/mol. The first kappa shape index (κ1) is 20.0. The van der Waals surface area contributed by atoms with Gasteiger partial charge in [0, 0.05) is 10.7 Å². The first-order valence-electron chi connectivity index (χ1n) is 8.53. The van der Waals surface area contributed by atoms with E-state index in [0.29, 0.717) is 31.4 Å². The van der Waals surface area contributed by atoms with E-state index >= 15 is 0 Å². The second-order valence-corrected chi connectivity index (χ2v) is 7.55. The van der Waals surface area contributed by atoms with Gasteiger partial charge in [-0.2, -0.15) is 0 Å². The summed E-state index contributed by atoms with van der Waals surface area (Å²) in [6, 6.07) is 5.18. The molecule has 3 rings (SSSR count). The number of ether oxygens (including phenoxy) is 1. The summed E-state index contributed by atoms with van der Waals surface area (Å²) >= 11 is 7.17. The lowest BCUT2D eigenvalue weighted by molar-refractivity contribution is -0.116. The molecule has 3 aromatic rings. The Morgan fingerprint density at radius 2 is 2.07 bits per heavy atom. The monoisotopic (exact) mass is 419 g/mol. The van der Waals surface area contributed by atoms with Gasteiger partial charge in [0.15, 0.2) is 0 Å². The van der Waals surface area contributed by atoms with Gasteiger partial charge in [-0.3, -0.25) is 14.2 Å². The minimum atomic E-state index is -0.483. The molecule has 1 aromatic carbocycles. The summed E-state index contributed by atoms with van der Waals surface area (Å²) in [6.45, 7) is 5.28. The second kappa shape index (κ2) is 8.12. The minimum Gasteiger partial charge on any atom is -0.462 e. The van der Waals surface area contributed by atoms with E-state index in [1.54, 1.807) is 32.0 Å². The van der Waals surface area contributed by atoms with Gasteiger partial charge in [0.1, 0.15) is 16.3 Å². The highest BCUT2D eigenvalue weighted by molar-refractivity contribution is 7.20. The number of benzene rings is 1. The van der Waals surface area contributed by atoms with Crippen LogP contribution in [0.3, 0.4) is 0 Å². The third-order valence-corrected chi connectivity index (χ3v) is 5.73. The normalized spacial score (nSPS) is 10.9. The third-order valence-electron chi connectivity index (χ3n) is 4.15. The van der Waals surface area contributed by atoms with E-state index in [4.69, 9.17) is 16.3 Å². The lowest BCUT2D eigenvalue weighted by Gasteiger charge is -2.08. The van der Waals surface area contributed by atoms with Gasteiger partial charge < -0.3 is 10.1 Å². The highest BCUT2D eigenvalue weighted by Crippen LogP contribution is 2.27. The molecule has 1 amide bonds. The van der Waals surface area contributed by atoms with Crippen molar-refractivity contribution in [1.29, 1.82) is 0 Å². The zero-order valence-electron chi connectivity index (χ0n) is 15.5. The fraction of sp³-hybridized carbons (Fsp3) is 0.263. The molecule has 0 atom stereocenters. The fourth-order valence-corrected chi connectivity index (χ4v) is 3.90. The van der Waals surface area contributed by atoms with Crippen LogP contribution in [0.2, 0.25) is 5.02 Å². The van der Waals surface area contributed by atoms with Gasteiger partial charge in [-0.25, -0.2) is 9.78 Å². The Hall–Kier alpha value is -2.71. The number of nitrogens with one attached hydrogen (secondary N) is 1. The molecule has 0 bridgehead atoms. The summed E-state index contributed by atoms with van der Waals surface area (Å²) in [4.78, 5) is 42.2. The Balaban J connectivity index is 1.87. The quantitative estimate of drug-likeness (QED) is 0.639. The van der Waals surface area contributed by atoms with Gasteiger partial charge in [-0.05, 0) is 44.0 Å². The molecule has 0 aliphatic heterocycles. The number of fused-ring (bicyclic) bond motifs is 1. The van der Waals surface area contributed by atoms with Gasteiger partial charge in [-0.15, -0.1) is 11.3 Å². The van der Waals surface area contributed by atoms with Gasteiger partial charge in [-0.1, -0.05) is 17.7 Å². The van der Waals surface area contributed by atoms with Crippen molar-refractivity contribution in [2.75, 3.05) is 11.9 Å². The molecular formula is C19H18ClN3O4S.